The molecule has 1 aromatic rings. The summed E-state index contributed by atoms with van der Waals surface area (Å²) >= 11 is 0. The molecule has 0 saturated heterocycles. The molecule has 1 saturated carbocycles. The number of benzene rings is 1. The van der Waals surface area contributed by atoms with Crippen molar-refractivity contribution in [3.63, 3.8) is 0 Å². The van der Waals surface area contributed by atoms with Crippen molar-refractivity contribution in [3.8, 4) is 0 Å². The van der Waals surface area contributed by atoms with Crippen molar-refractivity contribution in [2.24, 2.45) is 11.3 Å². The minimum Gasteiger partial charge on any atom is -0.481 e. The molecule has 0 amide bonds. The third-order valence-corrected chi connectivity index (χ3v) is 5.64. The smallest absolute Gasteiger partial charge is 0.310 e. The van der Waals surface area contributed by atoms with Gasteiger partial charge in [-0.2, -0.15) is 0 Å². The molecule has 2 atom stereocenters. The fourth-order valence-electron chi connectivity index (χ4n) is 4.63. The second-order valence-corrected chi connectivity index (χ2v) is 7.50. The minimum absolute atomic E-state index is 0.0676. The summed E-state index contributed by atoms with van der Waals surface area (Å²) in [5.74, 6) is -1.32. The first-order chi connectivity index (χ1) is 12.3. The highest BCUT2D eigenvalue weighted by atomic mass is 31.0. The number of ketones is 1. The van der Waals surface area contributed by atoms with Crippen molar-refractivity contribution in [1.29, 1.82) is 0 Å². The van der Waals surface area contributed by atoms with E-state index in [4.69, 9.17) is 4.57 Å². The van der Waals surface area contributed by atoms with Gasteiger partial charge in [0.1, 0.15) is 0 Å². The van der Waals surface area contributed by atoms with Crippen LogP contribution in [0, 0.1) is 32.1 Å². The van der Waals surface area contributed by atoms with Gasteiger partial charge in [-0.3, -0.25) is 9.59 Å². The van der Waals surface area contributed by atoms with Crippen LogP contribution in [0.25, 0.3) is 0 Å². The summed E-state index contributed by atoms with van der Waals surface area (Å²) in [4.78, 5) is 25.6. The van der Waals surface area contributed by atoms with Crippen LogP contribution in [0.5, 0.6) is 0 Å². The average molecular weight is 379 g/mol. The predicted molar refractivity (Wildman–Crippen MR) is 107 cm³/mol. The molecule has 1 aromatic carbocycles. The molecular formula is C21H32O4P+. The molecule has 1 N–H and O–H groups in total. The molecule has 0 aromatic heterocycles. The van der Waals surface area contributed by atoms with E-state index >= 15 is 0 Å². The summed E-state index contributed by atoms with van der Waals surface area (Å²) in [5.41, 5.74) is 3.11. The predicted octanol–water partition coefficient (Wildman–Crippen LogP) is 5.45. The van der Waals surface area contributed by atoms with Gasteiger partial charge < -0.3 is 5.11 Å². The molecule has 0 heterocycles. The van der Waals surface area contributed by atoms with Crippen molar-refractivity contribution in [2.75, 3.05) is 0 Å². The van der Waals surface area contributed by atoms with Crippen LogP contribution < -0.4 is 0 Å². The lowest BCUT2D eigenvalue weighted by molar-refractivity contribution is -0.146. The molecule has 0 bridgehead atoms. The van der Waals surface area contributed by atoms with Crippen LogP contribution in [-0.4, -0.2) is 16.9 Å². The fourth-order valence-corrected chi connectivity index (χ4v) is 4.63. The number of rotatable bonds is 6. The lowest BCUT2D eigenvalue weighted by Gasteiger charge is -2.41. The molecule has 1 aliphatic carbocycles. The molecule has 4 nitrogen and oxygen atoms in total. The summed E-state index contributed by atoms with van der Waals surface area (Å²) < 4.78 is 8.17. The van der Waals surface area contributed by atoms with E-state index in [0.717, 1.165) is 47.9 Å². The van der Waals surface area contributed by atoms with Gasteiger partial charge in [0.2, 0.25) is 0 Å². The van der Waals surface area contributed by atoms with Crippen molar-refractivity contribution < 1.29 is 19.3 Å². The molecule has 2 rings (SSSR count). The number of aryl methyl sites for hydroxylation is 3. The van der Waals surface area contributed by atoms with Gasteiger partial charge in [-0.05, 0) is 51.2 Å². The Morgan fingerprint density at radius 3 is 2.00 bits per heavy atom. The van der Waals surface area contributed by atoms with E-state index in [0.29, 0.717) is 19.3 Å². The zero-order valence-corrected chi connectivity index (χ0v) is 17.6. The monoisotopic (exact) mass is 379 g/mol. The van der Waals surface area contributed by atoms with Gasteiger partial charge in [0.25, 0.3) is 0 Å². The Hall–Kier alpha value is -1.54. The molecular weight excluding hydrogens is 347 g/mol. The second-order valence-electron chi connectivity index (χ2n) is 7.50. The highest BCUT2D eigenvalue weighted by Crippen LogP contribution is 2.47. The molecule has 144 valence electrons. The van der Waals surface area contributed by atoms with Gasteiger partial charge in [0.15, 0.2) is 5.78 Å². The number of carboxylic acids is 1. The van der Waals surface area contributed by atoms with E-state index in [2.05, 4.69) is 0 Å². The molecule has 2 unspecified atom stereocenters. The summed E-state index contributed by atoms with van der Waals surface area (Å²) in [6.07, 6.45) is 5.76. The van der Waals surface area contributed by atoms with E-state index in [1.807, 2.05) is 39.8 Å². The van der Waals surface area contributed by atoms with Crippen LogP contribution in [0.1, 0.15) is 78.9 Å². The maximum atomic E-state index is 13.6. The van der Waals surface area contributed by atoms with Crippen LogP contribution in [0.4, 0.5) is 0 Å². The zero-order chi connectivity index (χ0) is 19.9. The third kappa shape index (κ3) is 4.59. The first-order valence-electron chi connectivity index (χ1n) is 9.42. The van der Waals surface area contributed by atoms with Crippen LogP contribution in [-0.2, 0) is 9.36 Å². The highest BCUT2D eigenvalue weighted by Gasteiger charge is 2.49. The van der Waals surface area contributed by atoms with Crippen LogP contribution in [0.3, 0.4) is 0 Å². The van der Waals surface area contributed by atoms with Gasteiger partial charge >= 0.3 is 15.1 Å². The molecule has 0 spiro atoms. The summed E-state index contributed by atoms with van der Waals surface area (Å²) in [6.45, 7) is 7.97. The lowest BCUT2D eigenvalue weighted by atomic mass is 9.60. The number of hydrogen-bond donors (Lipinski definition) is 1. The van der Waals surface area contributed by atoms with Crippen molar-refractivity contribution >= 4 is 20.9 Å². The van der Waals surface area contributed by atoms with E-state index in [1.54, 1.807) is 0 Å². The Kier molecular flexibility index (Phi) is 8.62. The van der Waals surface area contributed by atoms with E-state index in [-0.39, 0.29) is 5.78 Å². The average Bonchev–Trinajstić information content (AvgIpc) is 2.60. The summed E-state index contributed by atoms with van der Waals surface area (Å²) in [7, 11) is 1.17. The largest absolute Gasteiger partial charge is 0.481 e. The second kappa shape index (κ2) is 9.97. The Labute approximate surface area is 159 Å². The third-order valence-electron chi connectivity index (χ3n) is 5.64. The van der Waals surface area contributed by atoms with Gasteiger partial charge in [0, 0.05) is 11.0 Å². The minimum atomic E-state index is -0.811. The van der Waals surface area contributed by atoms with E-state index in [9.17, 15) is 14.7 Å². The lowest BCUT2D eigenvalue weighted by Crippen LogP contribution is -2.44. The molecule has 26 heavy (non-hydrogen) atoms. The Bertz CT molecular complexity index is 624. The number of Topliss-reactive ketones (excluding diaryl/α,β-unsaturated/α-hetero) is 1. The standard InChI is InChI=1S/C21H30O3.H2OP/c1-5-9-17(20(23)24)21(10-7-6-8-11-21)19(22)18-15(3)12-14(2)13-16(18)4;1-2/h12-13,17H,5-11H2,1-4H3,(H,23,24);2H2/q;+1. The number of carbonyl (C=O) groups excluding carboxylic acids is 1. The maximum absolute atomic E-state index is 13.6. The molecule has 1 fully saturated rings. The van der Waals surface area contributed by atoms with Gasteiger partial charge in [-0.1, -0.05) is 54.9 Å². The van der Waals surface area contributed by atoms with E-state index in [1.165, 1.54) is 9.12 Å². The maximum Gasteiger partial charge on any atom is 0.310 e. The molecule has 5 heteroatoms. The quantitative estimate of drug-likeness (QED) is 0.527. The Morgan fingerprint density at radius 2 is 1.58 bits per heavy atom. The Morgan fingerprint density at radius 1 is 1.08 bits per heavy atom. The molecule has 0 aliphatic heterocycles. The fraction of sp³-hybridized carbons (Fsp3) is 0.619. The number of carboxylic acid groups (broad SMARTS) is 1. The first kappa shape index (κ1) is 22.5. The number of carbonyl (C=O) groups is 2. The number of aliphatic carboxylic acids is 1. The molecule has 1 aliphatic rings. The van der Waals surface area contributed by atoms with Crippen LogP contribution in [0.15, 0.2) is 12.1 Å². The normalized spacial score (nSPS) is 16.9. The van der Waals surface area contributed by atoms with Crippen LogP contribution in [0.2, 0.25) is 0 Å². The summed E-state index contributed by atoms with van der Waals surface area (Å²) in [6, 6.07) is 4.07. The van der Waals surface area contributed by atoms with Gasteiger partial charge in [-0.15, -0.1) is 0 Å². The van der Waals surface area contributed by atoms with Gasteiger partial charge in [-0.25, -0.2) is 0 Å². The van der Waals surface area contributed by atoms with E-state index < -0.39 is 17.3 Å². The number of hydrogen-bond acceptors (Lipinski definition) is 3. The SMILES string of the molecule is CCCC(C(=O)O)C1(C(=O)c2c(C)cc(C)cc2C)CCCCC1.O=[PH2+]. The van der Waals surface area contributed by atoms with Crippen molar-refractivity contribution in [2.45, 2.75) is 72.6 Å². The van der Waals surface area contributed by atoms with Crippen molar-refractivity contribution in [3.05, 3.63) is 34.4 Å². The zero-order valence-electron chi connectivity index (χ0n) is 16.4. The Balaban J connectivity index is 0.00000163. The topological polar surface area (TPSA) is 71.4 Å². The summed E-state index contributed by atoms with van der Waals surface area (Å²) in [5, 5.41) is 9.85. The van der Waals surface area contributed by atoms with Crippen molar-refractivity contribution in [1.82, 2.24) is 0 Å². The highest BCUT2D eigenvalue weighted by molar-refractivity contribution is 7.00. The first-order valence-corrected chi connectivity index (χ1v) is 9.89. The van der Waals surface area contributed by atoms with Crippen LogP contribution >= 0.6 is 9.12 Å². The van der Waals surface area contributed by atoms with Gasteiger partial charge in [0.05, 0.1) is 5.92 Å². The molecule has 0 radical (unpaired) electrons.